The maximum Gasteiger partial charge on any atom is 0.332 e. The zero-order valence-corrected chi connectivity index (χ0v) is 17.7. The van der Waals surface area contributed by atoms with E-state index in [-0.39, 0.29) is 6.54 Å². The SMILES string of the molecule is Cc1nn(-c2nc3c(c(=O)n(Cc4ccccc4Cl)c(=O)n3C)n2C)c(C)c1C. The molecule has 0 aliphatic rings. The van der Waals surface area contributed by atoms with E-state index in [0.29, 0.717) is 27.7 Å². The molecule has 0 saturated heterocycles. The minimum atomic E-state index is -0.448. The van der Waals surface area contributed by atoms with Gasteiger partial charge in [-0.1, -0.05) is 29.8 Å². The monoisotopic (exact) mass is 412 g/mol. The lowest BCUT2D eigenvalue weighted by atomic mass is 10.2. The van der Waals surface area contributed by atoms with E-state index in [0.717, 1.165) is 17.0 Å². The summed E-state index contributed by atoms with van der Waals surface area (Å²) < 4.78 is 5.95. The molecule has 4 aromatic rings. The molecular formula is C20H21ClN6O2. The number of fused-ring (bicyclic) bond motifs is 1. The summed E-state index contributed by atoms with van der Waals surface area (Å²) in [6.07, 6.45) is 0. The van der Waals surface area contributed by atoms with Crippen molar-refractivity contribution in [3.8, 4) is 5.95 Å². The zero-order chi connectivity index (χ0) is 21.0. The van der Waals surface area contributed by atoms with Gasteiger partial charge in [0, 0.05) is 24.8 Å². The number of hydrogen-bond donors (Lipinski definition) is 0. The average molecular weight is 413 g/mol. The van der Waals surface area contributed by atoms with Gasteiger partial charge in [0.1, 0.15) is 0 Å². The second kappa shape index (κ2) is 6.73. The molecule has 0 saturated carbocycles. The van der Waals surface area contributed by atoms with Gasteiger partial charge in [0.2, 0.25) is 5.95 Å². The van der Waals surface area contributed by atoms with E-state index in [9.17, 15) is 9.59 Å². The first kappa shape index (κ1) is 19.2. The van der Waals surface area contributed by atoms with E-state index >= 15 is 0 Å². The lowest BCUT2D eigenvalue weighted by molar-refractivity contribution is 0.655. The molecule has 29 heavy (non-hydrogen) atoms. The molecule has 1 aromatic carbocycles. The van der Waals surface area contributed by atoms with Crippen LogP contribution in [0.4, 0.5) is 0 Å². The fraction of sp³-hybridized carbons (Fsp3) is 0.300. The zero-order valence-electron chi connectivity index (χ0n) is 16.9. The molecule has 150 valence electrons. The lowest BCUT2D eigenvalue weighted by Crippen LogP contribution is -2.39. The molecule has 0 unspecified atom stereocenters. The Morgan fingerprint density at radius 2 is 1.72 bits per heavy atom. The average Bonchev–Trinajstić information content (AvgIpc) is 3.16. The second-order valence-corrected chi connectivity index (χ2v) is 7.58. The second-order valence-electron chi connectivity index (χ2n) is 7.17. The van der Waals surface area contributed by atoms with Gasteiger partial charge in [-0.05, 0) is 38.0 Å². The van der Waals surface area contributed by atoms with Gasteiger partial charge in [0.15, 0.2) is 11.2 Å². The number of aromatic nitrogens is 6. The summed E-state index contributed by atoms with van der Waals surface area (Å²) in [6.45, 7) is 5.95. The maximum absolute atomic E-state index is 13.3. The van der Waals surface area contributed by atoms with E-state index in [2.05, 4.69) is 10.1 Å². The van der Waals surface area contributed by atoms with Crippen LogP contribution in [0.15, 0.2) is 33.9 Å². The minimum absolute atomic E-state index is 0.0840. The minimum Gasteiger partial charge on any atom is -0.306 e. The molecule has 0 atom stereocenters. The Morgan fingerprint density at radius 3 is 2.34 bits per heavy atom. The van der Waals surface area contributed by atoms with Crippen LogP contribution in [-0.4, -0.2) is 28.5 Å². The Labute approximate surface area is 171 Å². The molecule has 3 aromatic heterocycles. The number of hydrogen-bond acceptors (Lipinski definition) is 4. The first-order valence-corrected chi connectivity index (χ1v) is 9.53. The van der Waals surface area contributed by atoms with Crippen LogP contribution in [0, 0.1) is 20.8 Å². The standard InChI is InChI=1S/C20H21ClN6O2/c1-11-12(2)23-27(13(11)3)19-22-17-16(24(19)4)18(28)26(20(29)25(17)5)10-14-8-6-7-9-15(14)21/h6-9H,10H2,1-5H3. The van der Waals surface area contributed by atoms with Crippen molar-refractivity contribution in [3.05, 3.63) is 72.6 Å². The summed E-state index contributed by atoms with van der Waals surface area (Å²) in [6, 6.07) is 7.16. The van der Waals surface area contributed by atoms with E-state index in [1.165, 1.54) is 9.13 Å². The molecule has 9 heteroatoms. The Bertz CT molecular complexity index is 1390. The molecule has 0 radical (unpaired) electrons. The van der Waals surface area contributed by atoms with Crippen LogP contribution in [0.2, 0.25) is 5.02 Å². The number of halogens is 1. The molecule has 0 aliphatic carbocycles. The molecule has 0 fully saturated rings. The highest BCUT2D eigenvalue weighted by Gasteiger charge is 2.21. The maximum atomic E-state index is 13.3. The summed E-state index contributed by atoms with van der Waals surface area (Å²) in [7, 11) is 3.36. The van der Waals surface area contributed by atoms with Crippen molar-refractivity contribution in [2.24, 2.45) is 14.1 Å². The van der Waals surface area contributed by atoms with Crippen molar-refractivity contribution in [2.75, 3.05) is 0 Å². The van der Waals surface area contributed by atoms with Gasteiger partial charge in [-0.3, -0.25) is 13.9 Å². The van der Waals surface area contributed by atoms with Gasteiger partial charge in [-0.15, -0.1) is 0 Å². The van der Waals surface area contributed by atoms with E-state index < -0.39 is 11.2 Å². The highest BCUT2D eigenvalue weighted by Crippen LogP contribution is 2.19. The van der Waals surface area contributed by atoms with E-state index in [4.69, 9.17) is 11.6 Å². The molecular weight excluding hydrogens is 392 g/mol. The largest absolute Gasteiger partial charge is 0.332 e. The Morgan fingerprint density at radius 1 is 1.03 bits per heavy atom. The third-order valence-electron chi connectivity index (χ3n) is 5.47. The van der Waals surface area contributed by atoms with Crippen LogP contribution >= 0.6 is 11.6 Å². The van der Waals surface area contributed by atoms with Crippen molar-refractivity contribution in [2.45, 2.75) is 27.3 Å². The molecule has 0 aliphatic heterocycles. The first-order valence-electron chi connectivity index (χ1n) is 9.15. The summed E-state index contributed by atoms with van der Waals surface area (Å²) >= 11 is 6.23. The highest BCUT2D eigenvalue weighted by atomic mass is 35.5. The molecule has 0 spiro atoms. The van der Waals surface area contributed by atoms with Gasteiger partial charge < -0.3 is 4.57 Å². The molecule has 8 nitrogen and oxygen atoms in total. The smallest absolute Gasteiger partial charge is 0.306 e. The van der Waals surface area contributed by atoms with Gasteiger partial charge in [0.05, 0.1) is 12.2 Å². The van der Waals surface area contributed by atoms with Gasteiger partial charge in [0.25, 0.3) is 5.56 Å². The van der Waals surface area contributed by atoms with Crippen molar-refractivity contribution >= 4 is 22.8 Å². The molecule has 0 amide bonds. The van der Waals surface area contributed by atoms with E-state index in [1.54, 1.807) is 41.5 Å². The van der Waals surface area contributed by atoms with Gasteiger partial charge >= 0.3 is 5.69 Å². The quantitative estimate of drug-likeness (QED) is 0.517. The summed E-state index contributed by atoms with van der Waals surface area (Å²) in [5, 5.41) is 5.04. The van der Waals surface area contributed by atoms with Crippen molar-refractivity contribution < 1.29 is 0 Å². The number of rotatable bonds is 3. The summed E-state index contributed by atoms with van der Waals surface area (Å²) in [5.41, 5.74) is 3.37. The fourth-order valence-corrected chi connectivity index (χ4v) is 3.67. The topological polar surface area (TPSA) is 79.6 Å². The summed E-state index contributed by atoms with van der Waals surface area (Å²) in [4.78, 5) is 30.7. The Balaban J connectivity index is 1.99. The van der Waals surface area contributed by atoms with E-state index in [1.807, 2.05) is 26.8 Å². The Kier molecular flexibility index (Phi) is 4.46. The predicted octanol–water partition coefficient (Wildman–Crippen LogP) is 2.25. The number of benzene rings is 1. The van der Waals surface area contributed by atoms with Crippen LogP contribution in [-0.2, 0) is 20.6 Å². The van der Waals surface area contributed by atoms with Gasteiger partial charge in [-0.25, -0.2) is 9.48 Å². The molecule has 3 heterocycles. The van der Waals surface area contributed by atoms with Crippen LogP contribution in [0.1, 0.15) is 22.5 Å². The molecule has 0 N–H and O–H groups in total. The highest BCUT2D eigenvalue weighted by molar-refractivity contribution is 6.31. The van der Waals surface area contributed by atoms with Crippen LogP contribution in [0.25, 0.3) is 17.1 Å². The van der Waals surface area contributed by atoms with Crippen LogP contribution < -0.4 is 11.2 Å². The molecule has 0 bridgehead atoms. The fourth-order valence-electron chi connectivity index (χ4n) is 3.47. The predicted molar refractivity (Wildman–Crippen MR) is 112 cm³/mol. The third kappa shape index (κ3) is 2.82. The Hall–Kier alpha value is -3.13. The van der Waals surface area contributed by atoms with Crippen LogP contribution in [0.3, 0.4) is 0 Å². The van der Waals surface area contributed by atoms with Crippen LogP contribution in [0.5, 0.6) is 0 Å². The number of nitrogens with zero attached hydrogens (tertiary/aromatic N) is 6. The van der Waals surface area contributed by atoms with Crippen molar-refractivity contribution in [1.29, 1.82) is 0 Å². The normalized spacial score (nSPS) is 11.5. The van der Waals surface area contributed by atoms with Crippen molar-refractivity contribution in [3.63, 3.8) is 0 Å². The van der Waals surface area contributed by atoms with Crippen molar-refractivity contribution in [1.82, 2.24) is 28.5 Å². The number of aryl methyl sites for hydroxylation is 3. The van der Waals surface area contributed by atoms with Gasteiger partial charge in [-0.2, -0.15) is 10.1 Å². The molecule has 4 rings (SSSR count). The first-order chi connectivity index (χ1) is 13.7. The third-order valence-corrected chi connectivity index (χ3v) is 5.83. The summed E-state index contributed by atoms with van der Waals surface area (Å²) in [5.74, 6) is 0.483. The lowest BCUT2D eigenvalue weighted by Gasteiger charge is -2.10. The number of imidazole rings is 1.